The van der Waals surface area contributed by atoms with Gasteiger partial charge in [0.25, 0.3) is 10.1 Å². The molecular weight excluding hydrogens is 115 g/mol. The van der Waals surface area contributed by atoms with Gasteiger partial charge < -0.3 is 0 Å². The van der Waals surface area contributed by atoms with Crippen molar-refractivity contribution < 1.29 is 13.0 Å². The maximum atomic E-state index is 9.19. The molecule has 0 bridgehead atoms. The van der Waals surface area contributed by atoms with Crippen molar-refractivity contribution >= 4 is 39.7 Å². The fourth-order valence-corrected chi connectivity index (χ4v) is 0. The van der Waals surface area contributed by atoms with Crippen LogP contribution in [0.5, 0.6) is 0 Å². The van der Waals surface area contributed by atoms with E-state index in [1.54, 1.807) is 0 Å². The van der Waals surface area contributed by atoms with Crippen LogP contribution in [0.2, 0.25) is 0 Å². The second-order valence-electron chi connectivity index (χ2n) is 0.733. The van der Waals surface area contributed by atoms with Gasteiger partial charge in [-0.05, 0) is 0 Å². The van der Waals surface area contributed by atoms with Gasteiger partial charge in [0.05, 0.1) is 6.26 Å². The minimum absolute atomic E-state index is 0. The molecule has 0 rings (SSSR count). The van der Waals surface area contributed by atoms with E-state index >= 15 is 0 Å². The summed E-state index contributed by atoms with van der Waals surface area (Å²) in [5.41, 5.74) is 0. The summed E-state index contributed by atoms with van der Waals surface area (Å²) < 4.78 is 25.9. The summed E-state index contributed by atoms with van der Waals surface area (Å²) >= 11 is 0. The third kappa shape index (κ3) is 90.6. The summed E-state index contributed by atoms with van der Waals surface area (Å²) in [6.45, 7) is 0. The van der Waals surface area contributed by atoms with Crippen LogP contribution in [0.25, 0.3) is 0 Å². The summed E-state index contributed by atoms with van der Waals surface area (Å²) in [4.78, 5) is 0. The molecule has 0 aliphatic rings. The van der Waals surface area contributed by atoms with Gasteiger partial charge in [-0.3, -0.25) is 4.55 Å². The minimum atomic E-state index is -3.67. The normalized spacial score (nSPS) is 9.67. The molecule has 0 aliphatic carbocycles. The van der Waals surface area contributed by atoms with Gasteiger partial charge in [0.1, 0.15) is 0 Å². The fraction of sp³-hybridized carbons (Fsp3) is 1.00. The molecule has 34 valence electrons. The van der Waals surface area contributed by atoms with Crippen LogP contribution in [-0.4, -0.2) is 48.8 Å². The van der Waals surface area contributed by atoms with Crippen LogP contribution in [0.3, 0.4) is 0 Å². The molecule has 1 N–H and O–H groups in total. The molecule has 0 aromatic heterocycles. The quantitative estimate of drug-likeness (QED) is 0.324. The third-order valence-electron chi connectivity index (χ3n) is 0. The van der Waals surface area contributed by atoms with Crippen LogP contribution in [0.15, 0.2) is 0 Å². The zero-order valence-electron chi connectivity index (χ0n) is 2.67. The van der Waals surface area contributed by atoms with E-state index in [1.807, 2.05) is 0 Å². The zero-order valence-corrected chi connectivity index (χ0v) is 3.49. The Balaban J connectivity index is 0. The predicted molar refractivity (Wildman–Crippen MR) is 24.6 cm³/mol. The van der Waals surface area contributed by atoms with Crippen molar-refractivity contribution in [2.24, 2.45) is 0 Å². The van der Waals surface area contributed by atoms with Crippen molar-refractivity contribution in [2.45, 2.75) is 0 Å². The summed E-state index contributed by atoms with van der Waals surface area (Å²) in [7, 11) is -3.67. The zero-order chi connectivity index (χ0) is 4.50. The van der Waals surface area contributed by atoms with E-state index in [4.69, 9.17) is 4.55 Å². The number of hydrogen-bond acceptors (Lipinski definition) is 2. The van der Waals surface area contributed by atoms with E-state index in [0.717, 1.165) is 0 Å². The molecule has 0 amide bonds. The Morgan fingerprint density at radius 2 is 1.50 bits per heavy atom. The van der Waals surface area contributed by atoms with Crippen LogP contribution in [0.4, 0.5) is 0 Å². The topological polar surface area (TPSA) is 54.4 Å². The van der Waals surface area contributed by atoms with E-state index in [-0.39, 0.29) is 29.6 Å². The van der Waals surface area contributed by atoms with E-state index < -0.39 is 10.1 Å². The van der Waals surface area contributed by atoms with Gasteiger partial charge in [0.2, 0.25) is 0 Å². The van der Waals surface area contributed by atoms with Crippen molar-refractivity contribution in [3.8, 4) is 0 Å². The van der Waals surface area contributed by atoms with E-state index in [1.165, 1.54) is 0 Å². The second kappa shape index (κ2) is 2.98. The number of rotatable bonds is 0. The molecule has 6 heavy (non-hydrogen) atoms. The second-order valence-corrected chi connectivity index (χ2v) is 2.20. The standard InChI is InChI=1S/CH4O3S.Na.H/c1-5(2,3)4;;/h1H3,(H,2,3,4);;. The molecule has 0 unspecified atom stereocenters. The summed E-state index contributed by atoms with van der Waals surface area (Å²) in [5, 5.41) is 0. The van der Waals surface area contributed by atoms with Gasteiger partial charge in [0.15, 0.2) is 0 Å². The van der Waals surface area contributed by atoms with Crippen LogP contribution >= 0.6 is 0 Å². The molecule has 0 saturated carbocycles. The SMILES string of the molecule is CS(=O)(=O)O.[NaH]. The molecular formula is CH5NaO3S. The van der Waals surface area contributed by atoms with Crippen LogP contribution < -0.4 is 0 Å². The monoisotopic (exact) mass is 120 g/mol. The van der Waals surface area contributed by atoms with E-state index in [9.17, 15) is 8.42 Å². The molecule has 0 heterocycles. The maximum absolute atomic E-state index is 9.19. The van der Waals surface area contributed by atoms with Gasteiger partial charge in [0, 0.05) is 0 Å². The average Bonchev–Trinajstić information content (AvgIpc) is 0.722. The number of hydrogen-bond donors (Lipinski definition) is 1. The molecule has 0 saturated heterocycles. The molecule has 0 spiro atoms. The van der Waals surface area contributed by atoms with Gasteiger partial charge in [-0.2, -0.15) is 8.42 Å². The molecule has 0 radical (unpaired) electrons. The molecule has 5 heteroatoms. The van der Waals surface area contributed by atoms with Crippen LogP contribution in [-0.2, 0) is 10.1 Å². The van der Waals surface area contributed by atoms with Crippen molar-refractivity contribution in [2.75, 3.05) is 6.26 Å². The Hall–Kier alpha value is 0.910. The molecule has 0 aliphatic heterocycles. The molecule has 0 aromatic rings. The van der Waals surface area contributed by atoms with Crippen molar-refractivity contribution in [1.82, 2.24) is 0 Å². The van der Waals surface area contributed by atoms with Crippen molar-refractivity contribution in [3.05, 3.63) is 0 Å². The Labute approximate surface area is 58.8 Å². The first-order chi connectivity index (χ1) is 2.00. The summed E-state index contributed by atoms with van der Waals surface area (Å²) in [6, 6.07) is 0. The van der Waals surface area contributed by atoms with Crippen molar-refractivity contribution in [3.63, 3.8) is 0 Å². The van der Waals surface area contributed by atoms with Gasteiger partial charge in [-0.15, -0.1) is 0 Å². The Kier molecular flexibility index (Phi) is 4.98. The summed E-state index contributed by atoms with van der Waals surface area (Å²) in [5.74, 6) is 0. The van der Waals surface area contributed by atoms with Crippen molar-refractivity contribution in [1.29, 1.82) is 0 Å². The molecule has 0 aromatic carbocycles. The van der Waals surface area contributed by atoms with Crippen LogP contribution in [0, 0.1) is 0 Å². The Bertz CT molecular complexity index is 94.0. The predicted octanol–water partition coefficient (Wildman–Crippen LogP) is -1.14. The van der Waals surface area contributed by atoms with Crippen LogP contribution in [0.1, 0.15) is 0 Å². The first-order valence-electron chi connectivity index (χ1n) is 0.924. The first kappa shape index (κ1) is 10.0. The Morgan fingerprint density at radius 1 is 1.50 bits per heavy atom. The van der Waals surface area contributed by atoms with Gasteiger partial charge in [-0.25, -0.2) is 0 Å². The Morgan fingerprint density at radius 3 is 1.50 bits per heavy atom. The fourth-order valence-electron chi connectivity index (χ4n) is 0. The molecule has 0 atom stereocenters. The van der Waals surface area contributed by atoms with Gasteiger partial charge in [-0.1, -0.05) is 0 Å². The first-order valence-corrected chi connectivity index (χ1v) is 2.77. The average molecular weight is 120 g/mol. The summed E-state index contributed by atoms with van der Waals surface area (Å²) in [6.07, 6.45) is 0.715. The molecule has 0 fully saturated rings. The third-order valence-corrected chi connectivity index (χ3v) is 0. The van der Waals surface area contributed by atoms with E-state index in [2.05, 4.69) is 0 Å². The molecule has 3 nitrogen and oxygen atoms in total. The van der Waals surface area contributed by atoms with Gasteiger partial charge >= 0.3 is 29.6 Å². The van der Waals surface area contributed by atoms with E-state index in [0.29, 0.717) is 6.26 Å².